The van der Waals surface area contributed by atoms with Crippen LogP contribution in [-0.4, -0.2) is 55.6 Å². The van der Waals surface area contributed by atoms with Gasteiger partial charge in [0.15, 0.2) is 5.11 Å². The number of quaternary nitrogens is 1. The molecule has 1 aromatic rings. The van der Waals surface area contributed by atoms with E-state index in [1.54, 1.807) is 24.0 Å². The first-order chi connectivity index (χ1) is 12.1. The number of hydrazone groups is 1. The van der Waals surface area contributed by atoms with Gasteiger partial charge in [0, 0.05) is 30.2 Å². The minimum atomic E-state index is -0.400. The molecule has 0 radical (unpaired) electrons. The Hall–Kier alpha value is -2.10. The van der Waals surface area contributed by atoms with E-state index in [-0.39, 0.29) is 5.69 Å². The highest BCUT2D eigenvalue weighted by molar-refractivity contribution is 7.80. The molecule has 0 spiro atoms. The SMILES string of the molecule is Cc1ccc(/C=N\NC(=S)NCCC[NH+]2CCOCC2)cc1[N+](=O)[O-]. The molecule has 2 rings (SSSR count). The summed E-state index contributed by atoms with van der Waals surface area (Å²) in [6, 6.07) is 4.96. The van der Waals surface area contributed by atoms with Crippen molar-refractivity contribution in [1.29, 1.82) is 0 Å². The molecule has 1 aliphatic heterocycles. The molecule has 1 heterocycles. The first kappa shape index (κ1) is 19.2. The second-order valence-corrected chi connectivity index (χ2v) is 6.30. The zero-order valence-electron chi connectivity index (χ0n) is 14.3. The fraction of sp³-hybridized carbons (Fsp3) is 0.500. The molecule has 3 N–H and O–H groups in total. The van der Waals surface area contributed by atoms with Gasteiger partial charge in [0.05, 0.1) is 30.9 Å². The van der Waals surface area contributed by atoms with Crippen LogP contribution in [0.3, 0.4) is 0 Å². The Kier molecular flexibility index (Phi) is 7.71. The van der Waals surface area contributed by atoms with Crippen LogP contribution in [0.1, 0.15) is 17.5 Å². The van der Waals surface area contributed by atoms with Crippen molar-refractivity contribution in [2.24, 2.45) is 5.10 Å². The maximum Gasteiger partial charge on any atom is 0.272 e. The molecular weight excluding hydrogens is 342 g/mol. The number of nitrogens with one attached hydrogen (secondary N) is 3. The lowest BCUT2D eigenvalue weighted by Crippen LogP contribution is -3.14. The number of thiocarbonyl (C=S) groups is 1. The first-order valence-electron chi connectivity index (χ1n) is 8.29. The monoisotopic (exact) mass is 366 g/mol. The molecule has 0 bridgehead atoms. The third kappa shape index (κ3) is 6.73. The predicted molar refractivity (Wildman–Crippen MR) is 100 cm³/mol. The molecular formula is C16H24N5O3S+. The molecule has 9 heteroatoms. The van der Waals surface area contributed by atoms with Crippen LogP contribution in [0.4, 0.5) is 5.69 Å². The van der Waals surface area contributed by atoms with E-state index in [0.717, 1.165) is 45.8 Å². The number of aryl methyl sites for hydroxylation is 1. The quantitative estimate of drug-likeness (QED) is 0.207. The van der Waals surface area contributed by atoms with Gasteiger partial charge in [-0.2, -0.15) is 5.10 Å². The van der Waals surface area contributed by atoms with Gasteiger partial charge in [0.2, 0.25) is 0 Å². The lowest BCUT2D eigenvalue weighted by atomic mass is 10.1. The number of nitro groups is 1. The van der Waals surface area contributed by atoms with Gasteiger partial charge in [0.25, 0.3) is 5.69 Å². The van der Waals surface area contributed by atoms with Crippen molar-refractivity contribution in [3.63, 3.8) is 0 Å². The maximum atomic E-state index is 10.9. The largest absolute Gasteiger partial charge is 0.370 e. The average Bonchev–Trinajstić information content (AvgIpc) is 2.61. The minimum absolute atomic E-state index is 0.0789. The van der Waals surface area contributed by atoms with Crippen LogP contribution < -0.4 is 15.6 Å². The van der Waals surface area contributed by atoms with Crippen LogP contribution >= 0.6 is 12.2 Å². The minimum Gasteiger partial charge on any atom is -0.370 e. The van der Waals surface area contributed by atoms with E-state index < -0.39 is 4.92 Å². The summed E-state index contributed by atoms with van der Waals surface area (Å²) >= 11 is 5.16. The van der Waals surface area contributed by atoms with Crippen molar-refractivity contribution in [2.45, 2.75) is 13.3 Å². The number of ether oxygens (including phenoxy) is 1. The Balaban J connectivity index is 1.68. The Morgan fingerprint density at radius 1 is 1.48 bits per heavy atom. The van der Waals surface area contributed by atoms with Gasteiger partial charge in [-0.15, -0.1) is 0 Å². The molecule has 0 atom stereocenters. The smallest absolute Gasteiger partial charge is 0.272 e. The summed E-state index contributed by atoms with van der Waals surface area (Å²) in [5, 5.41) is 18.5. The van der Waals surface area contributed by atoms with Gasteiger partial charge in [0.1, 0.15) is 13.1 Å². The number of nitro benzene ring substituents is 1. The van der Waals surface area contributed by atoms with Crippen molar-refractivity contribution < 1.29 is 14.6 Å². The fourth-order valence-electron chi connectivity index (χ4n) is 2.56. The van der Waals surface area contributed by atoms with E-state index in [4.69, 9.17) is 17.0 Å². The van der Waals surface area contributed by atoms with Crippen molar-refractivity contribution in [1.82, 2.24) is 10.7 Å². The third-order valence-corrected chi connectivity index (χ3v) is 4.24. The molecule has 0 amide bonds. The lowest BCUT2D eigenvalue weighted by Gasteiger charge is -2.23. The van der Waals surface area contributed by atoms with Gasteiger partial charge in [-0.1, -0.05) is 12.1 Å². The molecule has 1 aliphatic rings. The molecule has 25 heavy (non-hydrogen) atoms. The van der Waals surface area contributed by atoms with Gasteiger partial charge in [-0.3, -0.25) is 15.5 Å². The number of nitrogens with zero attached hydrogens (tertiary/aromatic N) is 2. The molecule has 0 saturated carbocycles. The van der Waals surface area contributed by atoms with Crippen molar-refractivity contribution in [2.75, 3.05) is 39.4 Å². The normalized spacial score (nSPS) is 15.2. The summed E-state index contributed by atoms with van der Waals surface area (Å²) < 4.78 is 5.33. The Morgan fingerprint density at radius 2 is 2.24 bits per heavy atom. The van der Waals surface area contributed by atoms with Crippen molar-refractivity contribution in [3.8, 4) is 0 Å². The van der Waals surface area contributed by atoms with E-state index >= 15 is 0 Å². The molecule has 0 aromatic heterocycles. The van der Waals surface area contributed by atoms with Gasteiger partial charge >= 0.3 is 0 Å². The molecule has 0 aliphatic carbocycles. The van der Waals surface area contributed by atoms with E-state index in [1.807, 2.05) is 0 Å². The fourth-order valence-corrected chi connectivity index (χ4v) is 2.71. The zero-order valence-corrected chi connectivity index (χ0v) is 15.1. The summed E-state index contributed by atoms with van der Waals surface area (Å²) in [7, 11) is 0. The molecule has 8 nitrogen and oxygen atoms in total. The summed E-state index contributed by atoms with van der Waals surface area (Å²) in [5.74, 6) is 0. The van der Waals surface area contributed by atoms with Crippen LogP contribution in [-0.2, 0) is 4.74 Å². The number of hydrogen-bond acceptors (Lipinski definition) is 5. The zero-order chi connectivity index (χ0) is 18.1. The van der Waals surface area contributed by atoms with Crippen LogP contribution in [0, 0.1) is 17.0 Å². The van der Waals surface area contributed by atoms with Gasteiger partial charge in [-0.25, -0.2) is 0 Å². The number of morpholine rings is 1. The Morgan fingerprint density at radius 3 is 2.96 bits per heavy atom. The van der Waals surface area contributed by atoms with Crippen LogP contribution in [0.15, 0.2) is 23.3 Å². The van der Waals surface area contributed by atoms with Crippen LogP contribution in [0.5, 0.6) is 0 Å². The van der Waals surface area contributed by atoms with Gasteiger partial charge < -0.3 is 15.0 Å². The second kappa shape index (κ2) is 10.0. The molecule has 0 unspecified atom stereocenters. The van der Waals surface area contributed by atoms with E-state index in [2.05, 4.69) is 15.8 Å². The second-order valence-electron chi connectivity index (χ2n) is 5.89. The molecule has 136 valence electrons. The topological polar surface area (TPSA) is 93.2 Å². The summed E-state index contributed by atoms with van der Waals surface area (Å²) in [4.78, 5) is 12.1. The molecule has 1 fully saturated rings. The van der Waals surface area contributed by atoms with Crippen LogP contribution in [0.2, 0.25) is 0 Å². The number of rotatable bonds is 7. The van der Waals surface area contributed by atoms with Crippen molar-refractivity contribution >= 4 is 29.2 Å². The van der Waals surface area contributed by atoms with Crippen molar-refractivity contribution in [3.05, 3.63) is 39.4 Å². The highest BCUT2D eigenvalue weighted by Gasteiger charge is 2.12. The first-order valence-corrected chi connectivity index (χ1v) is 8.70. The Labute approximate surface area is 152 Å². The maximum absolute atomic E-state index is 10.9. The average molecular weight is 366 g/mol. The highest BCUT2D eigenvalue weighted by Crippen LogP contribution is 2.18. The Bertz CT molecular complexity index is 632. The summed E-state index contributed by atoms with van der Waals surface area (Å²) in [5.41, 5.74) is 4.07. The van der Waals surface area contributed by atoms with Crippen LogP contribution in [0.25, 0.3) is 0 Å². The number of hydrogen-bond donors (Lipinski definition) is 3. The molecule has 1 aromatic carbocycles. The predicted octanol–water partition coefficient (Wildman–Crippen LogP) is 0.00642. The highest BCUT2D eigenvalue weighted by atomic mass is 32.1. The lowest BCUT2D eigenvalue weighted by molar-refractivity contribution is -0.908. The van der Waals surface area contributed by atoms with E-state index in [0.29, 0.717) is 16.2 Å². The molecule has 1 saturated heterocycles. The summed E-state index contributed by atoms with van der Waals surface area (Å²) in [6.07, 6.45) is 2.53. The third-order valence-electron chi connectivity index (χ3n) is 4.00. The number of benzene rings is 1. The van der Waals surface area contributed by atoms with Gasteiger partial charge in [-0.05, 0) is 19.1 Å². The van der Waals surface area contributed by atoms with E-state index in [9.17, 15) is 10.1 Å². The van der Waals surface area contributed by atoms with E-state index in [1.165, 1.54) is 12.3 Å². The summed E-state index contributed by atoms with van der Waals surface area (Å²) in [6.45, 7) is 7.39. The standard InChI is InChI=1S/C16H23N5O3S/c1-13-3-4-14(11-15(13)21(22)23)12-18-19-16(25)17-5-2-6-20-7-9-24-10-8-20/h3-4,11-12H,2,5-10H2,1H3,(H2,17,19,25)/p+1/b18-12-.